The Morgan fingerprint density at radius 2 is 1.87 bits per heavy atom. The van der Waals surface area contributed by atoms with Crippen LogP contribution in [0, 0.1) is 0 Å². The lowest BCUT2D eigenvalue weighted by Crippen LogP contribution is -2.22. The molecule has 0 saturated carbocycles. The molecule has 118 valence electrons. The summed E-state index contributed by atoms with van der Waals surface area (Å²) in [5.41, 5.74) is 1.33. The number of hydrogen-bond donors (Lipinski definition) is 0. The second-order valence-corrected chi connectivity index (χ2v) is 5.15. The van der Waals surface area contributed by atoms with Gasteiger partial charge in [-0.2, -0.15) is 0 Å². The quantitative estimate of drug-likeness (QED) is 0.637. The fraction of sp³-hybridized carbons (Fsp3) is 0.235. The first kappa shape index (κ1) is 15.0. The third-order valence-corrected chi connectivity index (χ3v) is 3.52. The van der Waals surface area contributed by atoms with Crippen LogP contribution in [0.4, 0.5) is 0 Å². The lowest BCUT2D eigenvalue weighted by molar-refractivity contribution is -0.145. The highest BCUT2D eigenvalue weighted by Crippen LogP contribution is 2.24. The molecule has 0 N–H and O–H groups in total. The molecule has 0 radical (unpaired) electrons. The predicted molar refractivity (Wildman–Crippen MR) is 78.9 cm³/mol. The monoisotopic (exact) mass is 314 g/mol. The summed E-state index contributed by atoms with van der Waals surface area (Å²) in [6.07, 6.45) is -0.518. The summed E-state index contributed by atoms with van der Waals surface area (Å²) in [6, 6.07) is 9.96. The van der Waals surface area contributed by atoms with E-state index in [4.69, 9.17) is 13.9 Å². The Morgan fingerprint density at radius 1 is 1.13 bits per heavy atom. The molecule has 1 atom stereocenters. The molecule has 23 heavy (non-hydrogen) atoms. The number of furan rings is 1. The molecule has 1 aliphatic heterocycles. The Labute approximate surface area is 132 Å². The molecule has 1 aliphatic rings. The highest BCUT2D eigenvalue weighted by molar-refractivity contribution is 5.94. The van der Waals surface area contributed by atoms with Crippen LogP contribution in [0.5, 0.6) is 0 Å². The third-order valence-electron chi connectivity index (χ3n) is 3.52. The van der Waals surface area contributed by atoms with Crippen molar-refractivity contribution in [1.82, 2.24) is 0 Å². The van der Waals surface area contributed by atoms with Crippen molar-refractivity contribution < 1.29 is 28.3 Å². The topological polar surface area (TPSA) is 82.8 Å². The first-order chi connectivity index (χ1) is 11.0. The number of carbonyl (C=O) groups excluding carboxylic acids is 3. The van der Waals surface area contributed by atoms with E-state index in [1.165, 1.54) is 13.0 Å². The Balaban J connectivity index is 1.73. The summed E-state index contributed by atoms with van der Waals surface area (Å²) in [4.78, 5) is 34.5. The van der Waals surface area contributed by atoms with Crippen molar-refractivity contribution in [2.45, 2.75) is 19.4 Å². The number of benzene rings is 1. The molecule has 1 fully saturated rings. The largest absolute Gasteiger partial charge is 0.463 e. The zero-order valence-corrected chi connectivity index (χ0v) is 12.4. The predicted octanol–water partition coefficient (Wildman–Crippen LogP) is 2.62. The first-order valence-electron chi connectivity index (χ1n) is 7.13. The van der Waals surface area contributed by atoms with E-state index in [1.807, 2.05) is 0 Å². The maximum Gasteiger partial charge on any atom is 0.375 e. The van der Waals surface area contributed by atoms with Gasteiger partial charge in [0, 0.05) is 17.5 Å². The van der Waals surface area contributed by atoms with Crippen LogP contribution in [0.1, 0.15) is 34.3 Å². The molecule has 2 aromatic rings. The van der Waals surface area contributed by atoms with Gasteiger partial charge in [0.25, 0.3) is 0 Å². The molecule has 6 nitrogen and oxygen atoms in total. The van der Waals surface area contributed by atoms with Crippen LogP contribution in [0.2, 0.25) is 0 Å². The number of Topliss-reactive ketones (excluding diaryl/α,β-unsaturated/α-hetero) is 1. The maximum absolute atomic E-state index is 12.0. The number of ketones is 1. The molecular formula is C17H14O6. The van der Waals surface area contributed by atoms with E-state index in [1.54, 1.807) is 30.3 Å². The van der Waals surface area contributed by atoms with Crippen LogP contribution in [-0.4, -0.2) is 30.4 Å². The summed E-state index contributed by atoms with van der Waals surface area (Å²) in [5, 5.41) is 0. The first-order valence-corrected chi connectivity index (χ1v) is 7.13. The summed E-state index contributed by atoms with van der Waals surface area (Å²) >= 11 is 0. The molecule has 0 spiro atoms. The number of cyclic esters (lactones) is 1. The molecule has 0 unspecified atom stereocenters. The minimum Gasteiger partial charge on any atom is -0.463 e. The van der Waals surface area contributed by atoms with Crippen LogP contribution < -0.4 is 0 Å². The van der Waals surface area contributed by atoms with E-state index in [0.29, 0.717) is 17.7 Å². The third kappa shape index (κ3) is 3.15. The van der Waals surface area contributed by atoms with E-state index >= 15 is 0 Å². The molecular weight excluding hydrogens is 300 g/mol. The lowest BCUT2D eigenvalue weighted by Gasteiger charge is -2.06. The molecule has 6 heteroatoms. The molecule has 1 aromatic heterocycles. The highest BCUT2D eigenvalue weighted by Gasteiger charge is 2.31. The Bertz CT molecular complexity index is 756. The lowest BCUT2D eigenvalue weighted by atomic mass is 10.1. The van der Waals surface area contributed by atoms with Crippen LogP contribution >= 0.6 is 0 Å². The summed E-state index contributed by atoms with van der Waals surface area (Å²) in [6.45, 7) is 1.74. The molecule has 1 saturated heterocycles. The SMILES string of the molecule is CC(=O)c1ccc(-c2ccc(C(=O)O[C@@H]3CCOC3=O)o2)cc1. The minimum absolute atomic E-state index is 0.00958. The van der Waals surface area contributed by atoms with Gasteiger partial charge in [-0.05, 0) is 19.1 Å². The van der Waals surface area contributed by atoms with E-state index < -0.39 is 18.0 Å². The maximum atomic E-state index is 12.0. The highest BCUT2D eigenvalue weighted by atomic mass is 16.6. The second kappa shape index (κ2) is 6.08. The Morgan fingerprint density at radius 3 is 2.48 bits per heavy atom. The van der Waals surface area contributed by atoms with Crippen LogP contribution in [0.3, 0.4) is 0 Å². The molecule has 0 amide bonds. The van der Waals surface area contributed by atoms with Gasteiger partial charge in [0.1, 0.15) is 5.76 Å². The standard InChI is InChI=1S/C17H14O6/c1-10(18)11-2-4-12(5-3-11)13-6-7-14(22-13)17(20)23-15-8-9-21-16(15)19/h2-7,15H,8-9H2,1H3/t15-/m1/s1. The molecule has 1 aromatic carbocycles. The van der Waals surface area contributed by atoms with Crippen molar-refractivity contribution in [3.05, 3.63) is 47.7 Å². The zero-order chi connectivity index (χ0) is 16.4. The number of hydrogen-bond acceptors (Lipinski definition) is 6. The van der Waals surface area contributed by atoms with Gasteiger partial charge in [-0.15, -0.1) is 0 Å². The van der Waals surface area contributed by atoms with Gasteiger partial charge in [0.05, 0.1) is 6.61 Å². The van der Waals surface area contributed by atoms with E-state index in [9.17, 15) is 14.4 Å². The van der Waals surface area contributed by atoms with Gasteiger partial charge in [0.15, 0.2) is 5.78 Å². The van der Waals surface area contributed by atoms with Crippen molar-refractivity contribution in [2.75, 3.05) is 6.61 Å². The van der Waals surface area contributed by atoms with E-state index in [-0.39, 0.29) is 18.2 Å². The van der Waals surface area contributed by atoms with Gasteiger partial charge < -0.3 is 13.9 Å². The fourth-order valence-electron chi connectivity index (χ4n) is 2.24. The zero-order valence-electron chi connectivity index (χ0n) is 12.4. The second-order valence-electron chi connectivity index (χ2n) is 5.15. The number of esters is 2. The van der Waals surface area contributed by atoms with Crippen molar-refractivity contribution in [3.63, 3.8) is 0 Å². The smallest absolute Gasteiger partial charge is 0.375 e. The molecule has 3 rings (SSSR count). The van der Waals surface area contributed by atoms with Gasteiger partial charge in [0.2, 0.25) is 11.9 Å². The van der Waals surface area contributed by atoms with Gasteiger partial charge in [-0.3, -0.25) is 4.79 Å². The molecule has 2 heterocycles. The molecule has 0 bridgehead atoms. The minimum atomic E-state index is -0.870. The Hall–Kier alpha value is -2.89. The number of ether oxygens (including phenoxy) is 2. The van der Waals surface area contributed by atoms with E-state index in [0.717, 1.165) is 5.56 Å². The van der Waals surface area contributed by atoms with Crippen LogP contribution in [0.15, 0.2) is 40.8 Å². The average molecular weight is 314 g/mol. The van der Waals surface area contributed by atoms with Crippen molar-refractivity contribution in [2.24, 2.45) is 0 Å². The molecule has 0 aliphatic carbocycles. The Kier molecular flexibility index (Phi) is 3.97. The van der Waals surface area contributed by atoms with Gasteiger partial charge in [-0.25, -0.2) is 9.59 Å². The average Bonchev–Trinajstić information content (AvgIpc) is 3.17. The van der Waals surface area contributed by atoms with Crippen LogP contribution in [0.25, 0.3) is 11.3 Å². The van der Waals surface area contributed by atoms with Crippen molar-refractivity contribution >= 4 is 17.7 Å². The fourth-order valence-corrected chi connectivity index (χ4v) is 2.24. The van der Waals surface area contributed by atoms with E-state index in [2.05, 4.69) is 0 Å². The number of carbonyl (C=O) groups is 3. The normalized spacial score (nSPS) is 16.9. The van der Waals surface area contributed by atoms with Crippen molar-refractivity contribution in [1.29, 1.82) is 0 Å². The van der Waals surface area contributed by atoms with Crippen molar-refractivity contribution in [3.8, 4) is 11.3 Å². The summed E-state index contributed by atoms with van der Waals surface area (Å²) < 4.78 is 15.3. The van der Waals surface area contributed by atoms with Crippen LogP contribution in [-0.2, 0) is 14.3 Å². The number of rotatable bonds is 4. The summed E-state index contributed by atoms with van der Waals surface area (Å²) in [7, 11) is 0. The van der Waals surface area contributed by atoms with Gasteiger partial charge in [-0.1, -0.05) is 24.3 Å². The summed E-state index contributed by atoms with van der Waals surface area (Å²) in [5.74, 6) is -0.787. The van der Waals surface area contributed by atoms with Gasteiger partial charge >= 0.3 is 11.9 Å².